The summed E-state index contributed by atoms with van der Waals surface area (Å²) in [5.41, 5.74) is 8.58. The third kappa shape index (κ3) is 4.66. The first-order valence-electron chi connectivity index (χ1n) is 10.4. The molecule has 4 rings (SSSR count). The zero-order valence-corrected chi connectivity index (χ0v) is 17.4. The maximum Gasteiger partial charge on any atom is 0.259 e. The van der Waals surface area contributed by atoms with Gasteiger partial charge in [0.1, 0.15) is 0 Å². The minimum absolute atomic E-state index is 0.162. The molecule has 1 aliphatic rings. The topological polar surface area (TPSA) is 124 Å². The molecule has 0 saturated carbocycles. The standard InChI is InChI=1S/C22H26N6O3/c1-2-28-21-17(13-25-28)20(26-16-7-9-31-10-8-16)18(12-24-21)22(30)27-15-5-3-14(4-6-15)11-19(23)29/h3-6,12-13,16H,2,7-11H2,1H3,(H2,23,29)(H,24,26)(H,27,30). The number of hydrogen-bond acceptors (Lipinski definition) is 6. The minimum Gasteiger partial charge on any atom is -0.381 e. The van der Waals surface area contributed by atoms with Gasteiger partial charge in [0.15, 0.2) is 5.65 Å². The lowest BCUT2D eigenvalue weighted by Gasteiger charge is -2.25. The van der Waals surface area contributed by atoms with Crippen LogP contribution in [0.3, 0.4) is 0 Å². The molecule has 162 valence electrons. The van der Waals surface area contributed by atoms with Gasteiger partial charge in [-0.05, 0) is 37.5 Å². The van der Waals surface area contributed by atoms with Crippen molar-refractivity contribution in [1.29, 1.82) is 0 Å². The average Bonchev–Trinajstić information content (AvgIpc) is 3.19. The Hall–Kier alpha value is -3.46. The molecule has 0 radical (unpaired) electrons. The Morgan fingerprint density at radius 1 is 1.19 bits per heavy atom. The van der Waals surface area contributed by atoms with Crippen LogP contribution in [0.4, 0.5) is 11.4 Å². The van der Waals surface area contributed by atoms with E-state index in [1.54, 1.807) is 36.7 Å². The summed E-state index contributed by atoms with van der Waals surface area (Å²) in [5.74, 6) is -0.663. The monoisotopic (exact) mass is 422 g/mol. The van der Waals surface area contributed by atoms with E-state index < -0.39 is 5.91 Å². The number of amides is 2. The molecule has 0 atom stereocenters. The summed E-state index contributed by atoms with van der Waals surface area (Å²) in [4.78, 5) is 28.7. The zero-order chi connectivity index (χ0) is 21.8. The van der Waals surface area contributed by atoms with Crippen molar-refractivity contribution < 1.29 is 14.3 Å². The van der Waals surface area contributed by atoms with E-state index >= 15 is 0 Å². The van der Waals surface area contributed by atoms with Crippen LogP contribution in [-0.2, 0) is 22.5 Å². The van der Waals surface area contributed by atoms with Crippen LogP contribution in [0.25, 0.3) is 11.0 Å². The van der Waals surface area contributed by atoms with Gasteiger partial charge in [0.2, 0.25) is 5.91 Å². The highest BCUT2D eigenvalue weighted by Gasteiger charge is 2.22. The van der Waals surface area contributed by atoms with E-state index in [-0.39, 0.29) is 18.4 Å². The second-order valence-electron chi connectivity index (χ2n) is 7.57. The molecular weight excluding hydrogens is 396 g/mol. The molecule has 0 spiro atoms. The summed E-state index contributed by atoms with van der Waals surface area (Å²) in [6.45, 7) is 4.08. The van der Waals surface area contributed by atoms with Crippen molar-refractivity contribution in [3.05, 3.63) is 47.8 Å². The maximum absolute atomic E-state index is 13.1. The van der Waals surface area contributed by atoms with Crippen LogP contribution in [0.1, 0.15) is 35.7 Å². The Labute approximate surface area is 180 Å². The number of ether oxygens (including phenoxy) is 1. The number of aryl methyl sites for hydroxylation is 1. The highest BCUT2D eigenvalue weighted by atomic mass is 16.5. The van der Waals surface area contributed by atoms with Gasteiger partial charge in [-0.15, -0.1) is 0 Å². The van der Waals surface area contributed by atoms with E-state index in [0.29, 0.717) is 31.0 Å². The quantitative estimate of drug-likeness (QED) is 0.537. The number of carbonyl (C=O) groups excluding carboxylic acids is 2. The number of rotatable bonds is 7. The highest BCUT2D eigenvalue weighted by Crippen LogP contribution is 2.29. The fraction of sp³-hybridized carbons (Fsp3) is 0.364. The first-order chi connectivity index (χ1) is 15.0. The third-order valence-corrected chi connectivity index (χ3v) is 5.37. The van der Waals surface area contributed by atoms with Gasteiger partial charge in [0.25, 0.3) is 5.91 Å². The second-order valence-corrected chi connectivity index (χ2v) is 7.57. The second kappa shape index (κ2) is 9.13. The number of benzene rings is 1. The van der Waals surface area contributed by atoms with Crippen LogP contribution in [0.2, 0.25) is 0 Å². The van der Waals surface area contributed by atoms with E-state index in [0.717, 1.165) is 35.1 Å². The van der Waals surface area contributed by atoms with Gasteiger partial charge in [-0.1, -0.05) is 12.1 Å². The fourth-order valence-corrected chi connectivity index (χ4v) is 3.74. The van der Waals surface area contributed by atoms with E-state index in [1.165, 1.54) is 0 Å². The van der Waals surface area contributed by atoms with Crippen LogP contribution < -0.4 is 16.4 Å². The summed E-state index contributed by atoms with van der Waals surface area (Å²) < 4.78 is 7.27. The zero-order valence-electron chi connectivity index (χ0n) is 17.4. The van der Waals surface area contributed by atoms with Crippen molar-refractivity contribution >= 4 is 34.2 Å². The molecule has 2 aromatic heterocycles. The van der Waals surface area contributed by atoms with Crippen LogP contribution in [-0.4, -0.2) is 45.8 Å². The van der Waals surface area contributed by atoms with Crippen LogP contribution in [0.5, 0.6) is 0 Å². The number of anilines is 2. The molecule has 1 fully saturated rings. The maximum atomic E-state index is 13.1. The van der Waals surface area contributed by atoms with Crippen molar-refractivity contribution in [2.24, 2.45) is 5.73 Å². The largest absolute Gasteiger partial charge is 0.381 e. The van der Waals surface area contributed by atoms with Crippen molar-refractivity contribution in [3.63, 3.8) is 0 Å². The Morgan fingerprint density at radius 3 is 2.61 bits per heavy atom. The number of carbonyl (C=O) groups is 2. The van der Waals surface area contributed by atoms with Gasteiger partial charge in [0, 0.05) is 37.7 Å². The smallest absolute Gasteiger partial charge is 0.259 e. The first-order valence-corrected chi connectivity index (χ1v) is 10.4. The number of hydrogen-bond donors (Lipinski definition) is 3. The Balaban J connectivity index is 1.62. The molecule has 0 bridgehead atoms. The summed E-state index contributed by atoms with van der Waals surface area (Å²) >= 11 is 0. The molecule has 4 N–H and O–H groups in total. The van der Waals surface area contributed by atoms with E-state index in [1.807, 2.05) is 11.6 Å². The van der Waals surface area contributed by atoms with Gasteiger partial charge < -0.3 is 21.1 Å². The molecule has 9 nitrogen and oxygen atoms in total. The van der Waals surface area contributed by atoms with E-state index in [2.05, 4.69) is 20.7 Å². The van der Waals surface area contributed by atoms with Crippen molar-refractivity contribution in [2.45, 2.75) is 38.8 Å². The minimum atomic E-state index is -0.396. The highest BCUT2D eigenvalue weighted by molar-refractivity contribution is 6.12. The molecule has 9 heteroatoms. The number of aromatic nitrogens is 3. The molecule has 0 unspecified atom stereocenters. The normalized spacial score (nSPS) is 14.5. The van der Waals surface area contributed by atoms with Gasteiger partial charge in [-0.2, -0.15) is 5.10 Å². The third-order valence-electron chi connectivity index (χ3n) is 5.37. The number of nitrogens with two attached hydrogens (primary N) is 1. The number of pyridine rings is 1. The molecule has 2 amide bonds. The number of primary amides is 1. The van der Waals surface area contributed by atoms with Crippen molar-refractivity contribution in [1.82, 2.24) is 14.8 Å². The predicted molar refractivity (Wildman–Crippen MR) is 118 cm³/mol. The van der Waals surface area contributed by atoms with Gasteiger partial charge in [0.05, 0.1) is 29.3 Å². The molecule has 1 aromatic carbocycles. The summed E-state index contributed by atoms with van der Waals surface area (Å²) in [7, 11) is 0. The molecule has 1 saturated heterocycles. The van der Waals surface area contributed by atoms with E-state index in [4.69, 9.17) is 10.5 Å². The van der Waals surface area contributed by atoms with Crippen LogP contribution in [0.15, 0.2) is 36.7 Å². The molecule has 3 aromatic rings. The van der Waals surface area contributed by atoms with Crippen LogP contribution in [0, 0.1) is 0 Å². The average molecular weight is 422 g/mol. The van der Waals surface area contributed by atoms with Gasteiger partial charge >= 0.3 is 0 Å². The molecular formula is C22H26N6O3. The predicted octanol–water partition coefficient (Wildman–Crippen LogP) is 2.32. The number of nitrogens with one attached hydrogen (secondary N) is 2. The van der Waals surface area contributed by atoms with Crippen LogP contribution >= 0.6 is 0 Å². The van der Waals surface area contributed by atoms with Crippen molar-refractivity contribution in [3.8, 4) is 0 Å². The summed E-state index contributed by atoms with van der Waals surface area (Å²) in [5, 5.41) is 11.7. The lowest BCUT2D eigenvalue weighted by molar-refractivity contribution is -0.117. The number of fused-ring (bicyclic) bond motifs is 1. The number of nitrogens with zero attached hydrogens (tertiary/aromatic N) is 3. The Bertz CT molecular complexity index is 1090. The lowest BCUT2D eigenvalue weighted by atomic mass is 10.1. The summed E-state index contributed by atoms with van der Waals surface area (Å²) in [6.07, 6.45) is 5.25. The lowest BCUT2D eigenvalue weighted by Crippen LogP contribution is -2.29. The SMILES string of the molecule is CCn1ncc2c(NC3CCOCC3)c(C(=O)Nc3ccc(CC(N)=O)cc3)cnc21. The Morgan fingerprint density at radius 2 is 1.94 bits per heavy atom. The molecule has 3 heterocycles. The fourth-order valence-electron chi connectivity index (χ4n) is 3.74. The van der Waals surface area contributed by atoms with Crippen molar-refractivity contribution in [2.75, 3.05) is 23.8 Å². The van der Waals surface area contributed by atoms with Gasteiger partial charge in [-0.25, -0.2) is 9.67 Å². The Kier molecular flexibility index (Phi) is 6.13. The first kappa shape index (κ1) is 20.8. The molecule has 1 aliphatic heterocycles. The van der Waals surface area contributed by atoms with Gasteiger partial charge in [-0.3, -0.25) is 9.59 Å². The molecule has 31 heavy (non-hydrogen) atoms. The molecule has 0 aliphatic carbocycles. The summed E-state index contributed by atoms with van der Waals surface area (Å²) in [6, 6.07) is 7.26. The van der Waals surface area contributed by atoms with E-state index in [9.17, 15) is 9.59 Å².